The van der Waals surface area contributed by atoms with Crippen LogP contribution in [0.1, 0.15) is 6.42 Å². The summed E-state index contributed by atoms with van der Waals surface area (Å²) in [5.41, 5.74) is 6.06. The smallest absolute Gasteiger partial charge is 0.226 e. The molecule has 2 rings (SSSR count). The van der Waals surface area contributed by atoms with Crippen LogP contribution < -0.4 is 15.8 Å². The van der Waals surface area contributed by atoms with E-state index in [1.165, 1.54) is 0 Å². The Bertz CT molecular complexity index is 416. The standard InChI is InChI=1S/C12H16N2O3/c1-16-10-5-3-2-4-9(10)14-11(15)6-12(13)7-17-8-12/h2-5H,6-8,13H2,1H3,(H,14,15). The van der Waals surface area contributed by atoms with Gasteiger partial charge in [-0.1, -0.05) is 12.1 Å². The summed E-state index contributed by atoms with van der Waals surface area (Å²) in [5.74, 6) is 0.511. The van der Waals surface area contributed by atoms with Gasteiger partial charge in [0.2, 0.25) is 5.91 Å². The maximum atomic E-state index is 11.8. The van der Waals surface area contributed by atoms with Gasteiger partial charge < -0.3 is 20.5 Å². The van der Waals surface area contributed by atoms with Crippen molar-refractivity contribution in [2.24, 2.45) is 5.73 Å². The van der Waals surface area contributed by atoms with Crippen molar-refractivity contribution in [2.45, 2.75) is 12.0 Å². The van der Waals surface area contributed by atoms with Gasteiger partial charge in [-0.25, -0.2) is 0 Å². The van der Waals surface area contributed by atoms with Crippen LogP contribution in [0.15, 0.2) is 24.3 Å². The summed E-state index contributed by atoms with van der Waals surface area (Å²) in [4.78, 5) is 11.8. The van der Waals surface area contributed by atoms with E-state index < -0.39 is 5.54 Å². The van der Waals surface area contributed by atoms with Crippen LogP contribution in [-0.4, -0.2) is 31.8 Å². The van der Waals surface area contributed by atoms with E-state index in [2.05, 4.69) is 5.32 Å². The van der Waals surface area contributed by atoms with Crippen molar-refractivity contribution in [1.29, 1.82) is 0 Å². The zero-order valence-corrected chi connectivity index (χ0v) is 9.73. The molecular formula is C12H16N2O3. The fourth-order valence-corrected chi connectivity index (χ4v) is 1.73. The molecule has 1 heterocycles. The third-order valence-corrected chi connectivity index (χ3v) is 2.67. The summed E-state index contributed by atoms with van der Waals surface area (Å²) < 4.78 is 10.2. The summed E-state index contributed by atoms with van der Waals surface area (Å²) in [7, 11) is 1.56. The van der Waals surface area contributed by atoms with Gasteiger partial charge in [0, 0.05) is 6.42 Å². The van der Waals surface area contributed by atoms with E-state index in [9.17, 15) is 4.79 Å². The Kier molecular flexibility index (Phi) is 3.31. The third-order valence-electron chi connectivity index (χ3n) is 2.67. The normalized spacial score (nSPS) is 17.1. The van der Waals surface area contributed by atoms with E-state index in [0.717, 1.165) is 0 Å². The predicted molar refractivity (Wildman–Crippen MR) is 64.0 cm³/mol. The number of ether oxygens (including phenoxy) is 2. The fourth-order valence-electron chi connectivity index (χ4n) is 1.73. The highest BCUT2D eigenvalue weighted by atomic mass is 16.5. The molecule has 5 nitrogen and oxygen atoms in total. The molecule has 1 aliphatic rings. The Labute approximate surface area is 99.9 Å². The molecule has 0 atom stereocenters. The molecule has 1 aliphatic heterocycles. The average molecular weight is 236 g/mol. The number of nitrogens with one attached hydrogen (secondary N) is 1. The summed E-state index contributed by atoms with van der Waals surface area (Å²) in [6.45, 7) is 0.874. The molecular weight excluding hydrogens is 220 g/mol. The molecule has 1 saturated heterocycles. The van der Waals surface area contributed by atoms with Crippen LogP contribution in [0.3, 0.4) is 0 Å². The minimum atomic E-state index is -0.508. The topological polar surface area (TPSA) is 73.6 Å². The highest BCUT2D eigenvalue weighted by Gasteiger charge is 2.36. The number of hydrogen-bond acceptors (Lipinski definition) is 4. The van der Waals surface area contributed by atoms with Crippen molar-refractivity contribution in [3.63, 3.8) is 0 Å². The molecule has 1 amide bonds. The number of carbonyl (C=O) groups excluding carboxylic acids is 1. The average Bonchev–Trinajstić information content (AvgIpc) is 2.27. The second-order valence-corrected chi connectivity index (χ2v) is 4.28. The van der Waals surface area contributed by atoms with E-state index in [-0.39, 0.29) is 12.3 Å². The molecule has 17 heavy (non-hydrogen) atoms. The van der Waals surface area contributed by atoms with Crippen molar-refractivity contribution >= 4 is 11.6 Å². The zero-order chi connectivity index (χ0) is 12.3. The number of para-hydroxylation sites is 2. The Morgan fingerprint density at radius 3 is 2.82 bits per heavy atom. The number of rotatable bonds is 4. The Hall–Kier alpha value is -1.59. The van der Waals surface area contributed by atoms with Gasteiger partial charge in [-0.05, 0) is 12.1 Å². The maximum Gasteiger partial charge on any atom is 0.226 e. The second-order valence-electron chi connectivity index (χ2n) is 4.28. The number of nitrogens with two attached hydrogens (primary N) is 1. The lowest BCUT2D eigenvalue weighted by Gasteiger charge is -2.37. The molecule has 0 radical (unpaired) electrons. The zero-order valence-electron chi connectivity index (χ0n) is 9.73. The van der Waals surface area contributed by atoms with Crippen LogP contribution in [0.25, 0.3) is 0 Å². The first-order chi connectivity index (χ1) is 8.13. The van der Waals surface area contributed by atoms with Crippen LogP contribution in [0.2, 0.25) is 0 Å². The van der Waals surface area contributed by atoms with Gasteiger partial charge in [0.25, 0.3) is 0 Å². The molecule has 3 N–H and O–H groups in total. The van der Waals surface area contributed by atoms with E-state index >= 15 is 0 Å². The van der Waals surface area contributed by atoms with Crippen LogP contribution in [0, 0.1) is 0 Å². The van der Waals surface area contributed by atoms with Crippen molar-refractivity contribution < 1.29 is 14.3 Å². The minimum absolute atomic E-state index is 0.125. The monoisotopic (exact) mass is 236 g/mol. The van der Waals surface area contributed by atoms with E-state index in [1.54, 1.807) is 19.2 Å². The van der Waals surface area contributed by atoms with Crippen LogP contribution in [0.4, 0.5) is 5.69 Å². The predicted octanol–water partition coefficient (Wildman–Crippen LogP) is 0.752. The number of hydrogen-bond donors (Lipinski definition) is 2. The van der Waals surface area contributed by atoms with Crippen molar-refractivity contribution in [3.05, 3.63) is 24.3 Å². The van der Waals surface area contributed by atoms with Gasteiger partial charge in [0.1, 0.15) is 5.75 Å². The largest absolute Gasteiger partial charge is 0.495 e. The van der Waals surface area contributed by atoms with Gasteiger partial charge in [-0.2, -0.15) is 0 Å². The van der Waals surface area contributed by atoms with E-state index in [4.69, 9.17) is 15.2 Å². The Balaban J connectivity index is 1.98. The van der Waals surface area contributed by atoms with Crippen molar-refractivity contribution in [3.8, 4) is 5.75 Å². The quantitative estimate of drug-likeness (QED) is 0.809. The molecule has 1 aromatic carbocycles. The number of anilines is 1. The molecule has 0 aromatic heterocycles. The van der Waals surface area contributed by atoms with E-state index in [1.807, 2.05) is 12.1 Å². The highest BCUT2D eigenvalue weighted by molar-refractivity contribution is 5.93. The minimum Gasteiger partial charge on any atom is -0.495 e. The summed E-state index contributed by atoms with van der Waals surface area (Å²) in [5, 5.41) is 2.79. The number of amides is 1. The fraction of sp³-hybridized carbons (Fsp3) is 0.417. The molecule has 1 aromatic rings. The molecule has 5 heteroatoms. The highest BCUT2D eigenvalue weighted by Crippen LogP contribution is 2.24. The van der Waals surface area contributed by atoms with E-state index in [0.29, 0.717) is 24.7 Å². The summed E-state index contributed by atoms with van der Waals surface area (Å²) in [6.07, 6.45) is 0.255. The van der Waals surface area contributed by atoms with Gasteiger partial charge in [-0.15, -0.1) is 0 Å². The summed E-state index contributed by atoms with van der Waals surface area (Å²) >= 11 is 0. The van der Waals surface area contributed by atoms with Crippen LogP contribution in [0.5, 0.6) is 5.75 Å². The Morgan fingerprint density at radius 1 is 1.53 bits per heavy atom. The number of methoxy groups -OCH3 is 1. The lowest BCUT2D eigenvalue weighted by Crippen LogP contribution is -2.58. The first-order valence-corrected chi connectivity index (χ1v) is 5.42. The van der Waals surface area contributed by atoms with Gasteiger partial charge in [0.05, 0.1) is 31.5 Å². The van der Waals surface area contributed by atoms with Gasteiger partial charge >= 0.3 is 0 Å². The molecule has 0 saturated carbocycles. The second kappa shape index (κ2) is 4.73. The Morgan fingerprint density at radius 2 is 2.24 bits per heavy atom. The molecule has 0 spiro atoms. The molecule has 92 valence electrons. The summed E-state index contributed by atoms with van der Waals surface area (Å²) in [6, 6.07) is 7.26. The number of benzene rings is 1. The van der Waals surface area contributed by atoms with Gasteiger partial charge in [0.15, 0.2) is 0 Å². The third kappa shape index (κ3) is 2.75. The number of carbonyl (C=O) groups is 1. The van der Waals surface area contributed by atoms with Gasteiger partial charge in [-0.3, -0.25) is 4.79 Å². The first kappa shape index (κ1) is 11.9. The lowest BCUT2D eigenvalue weighted by molar-refractivity contribution is -0.123. The SMILES string of the molecule is COc1ccccc1NC(=O)CC1(N)COC1. The molecule has 0 unspecified atom stereocenters. The van der Waals surface area contributed by atoms with Crippen LogP contribution in [-0.2, 0) is 9.53 Å². The van der Waals surface area contributed by atoms with Crippen LogP contribution >= 0.6 is 0 Å². The molecule has 0 bridgehead atoms. The lowest BCUT2D eigenvalue weighted by atomic mass is 9.94. The molecule has 1 fully saturated rings. The van der Waals surface area contributed by atoms with Crippen molar-refractivity contribution in [2.75, 3.05) is 25.6 Å². The van der Waals surface area contributed by atoms with Crippen molar-refractivity contribution in [1.82, 2.24) is 0 Å². The maximum absolute atomic E-state index is 11.8. The molecule has 0 aliphatic carbocycles. The first-order valence-electron chi connectivity index (χ1n) is 5.42.